The Morgan fingerprint density at radius 2 is 1.08 bits per heavy atom. The molecule has 2 saturated heterocycles. The lowest BCUT2D eigenvalue weighted by Gasteiger charge is -2.42. The van der Waals surface area contributed by atoms with Crippen LogP contribution >= 0.6 is 0 Å². The van der Waals surface area contributed by atoms with E-state index >= 15 is 0 Å². The minimum absolute atomic E-state index is 0.0997. The van der Waals surface area contributed by atoms with E-state index in [-0.39, 0.29) is 22.7 Å². The first-order valence-corrected chi connectivity index (χ1v) is 14.8. The van der Waals surface area contributed by atoms with Crippen LogP contribution in [0.5, 0.6) is 0 Å². The number of aromatic nitrogens is 2. The lowest BCUT2D eigenvalue weighted by atomic mass is 9.83. The average molecular weight is 533 g/mol. The van der Waals surface area contributed by atoms with Crippen LogP contribution in [-0.4, -0.2) is 69.8 Å². The van der Waals surface area contributed by atoms with E-state index in [1.807, 2.05) is 21.3 Å². The summed E-state index contributed by atoms with van der Waals surface area (Å²) in [6.45, 7) is 6.81. The summed E-state index contributed by atoms with van der Waals surface area (Å²) in [4.78, 5) is 54.4. The highest BCUT2D eigenvalue weighted by Crippen LogP contribution is 2.36. The van der Waals surface area contributed by atoms with Gasteiger partial charge in [-0.3, -0.25) is 19.2 Å². The highest BCUT2D eigenvalue weighted by atomic mass is 16.1. The van der Waals surface area contributed by atoms with Gasteiger partial charge in [0.25, 0.3) is 11.1 Å². The molecule has 0 unspecified atom stereocenters. The van der Waals surface area contributed by atoms with Crippen molar-refractivity contribution in [2.75, 3.05) is 39.3 Å². The molecule has 0 aromatic carbocycles. The third-order valence-electron chi connectivity index (χ3n) is 9.44. The Bertz CT molecular complexity index is 1250. The molecule has 39 heavy (non-hydrogen) atoms. The molecule has 0 radical (unpaired) electrons. The molecule has 2 aromatic rings. The van der Waals surface area contributed by atoms with E-state index < -0.39 is 0 Å². The van der Waals surface area contributed by atoms with Crippen LogP contribution in [0.25, 0.3) is 0 Å². The summed E-state index contributed by atoms with van der Waals surface area (Å²) in [5, 5.41) is 0. The maximum absolute atomic E-state index is 12.6. The molecule has 4 aliphatic rings. The van der Waals surface area contributed by atoms with Gasteiger partial charge in [-0.05, 0) is 43.2 Å². The number of carbonyl (C=O) groups excluding carboxylic acids is 2. The second kappa shape index (κ2) is 11.3. The number of hydrogen-bond acceptors (Lipinski definition) is 6. The maximum atomic E-state index is 12.6. The van der Waals surface area contributed by atoms with Crippen LogP contribution in [0, 0.1) is 11.8 Å². The van der Waals surface area contributed by atoms with Crippen molar-refractivity contribution >= 4 is 11.6 Å². The van der Waals surface area contributed by atoms with Crippen LogP contribution in [0.1, 0.15) is 68.2 Å². The second-order valence-electron chi connectivity index (χ2n) is 12.3. The van der Waals surface area contributed by atoms with Crippen molar-refractivity contribution in [3.8, 4) is 0 Å². The first-order chi connectivity index (χ1) is 18.9. The predicted molar refractivity (Wildman–Crippen MR) is 149 cm³/mol. The van der Waals surface area contributed by atoms with Gasteiger partial charge in [-0.1, -0.05) is 12.1 Å². The van der Waals surface area contributed by atoms with Gasteiger partial charge in [0.2, 0.25) is 0 Å². The Morgan fingerprint density at radius 1 is 0.615 bits per heavy atom. The molecule has 6 heterocycles. The number of hydrogen-bond donors (Lipinski definition) is 0. The average Bonchev–Trinajstić information content (AvgIpc) is 2.92. The summed E-state index contributed by atoms with van der Waals surface area (Å²) in [7, 11) is 0. The normalized spacial score (nSPS) is 26.1. The summed E-state index contributed by atoms with van der Waals surface area (Å²) >= 11 is 0. The fourth-order valence-electron chi connectivity index (χ4n) is 7.65. The fraction of sp³-hybridized carbons (Fsp3) is 0.613. The molecule has 0 N–H and O–H groups in total. The van der Waals surface area contributed by atoms with E-state index in [2.05, 4.69) is 21.9 Å². The van der Waals surface area contributed by atoms with Crippen LogP contribution in [0.3, 0.4) is 0 Å². The van der Waals surface area contributed by atoms with Gasteiger partial charge in [-0.25, -0.2) is 0 Å². The standard InChI is InChI=1S/C31H40N4O4/c36-26(10-12-32-16-22-14-24(20-32)28-6-2-8-30(38)34(28)18-22)4-1-5-27(37)11-13-33-17-23-15-25(21-33)29-7-3-9-31(39)35(29)19-23/h2-3,6-9,22-25H,1,4-5,10-21H2/t22-,23-,24+,25+/m0/s1. The number of piperidine rings is 2. The van der Waals surface area contributed by atoms with E-state index in [0.29, 0.717) is 55.8 Å². The van der Waals surface area contributed by atoms with E-state index in [4.69, 9.17) is 0 Å². The molecule has 4 aliphatic heterocycles. The van der Waals surface area contributed by atoms with Crippen molar-refractivity contribution in [3.63, 3.8) is 0 Å². The van der Waals surface area contributed by atoms with Crippen molar-refractivity contribution in [2.24, 2.45) is 11.8 Å². The highest BCUT2D eigenvalue weighted by molar-refractivity contribution is 5.81. The van der Waals surface area contributed by atoms with Crippen molar-refractivity contribution in [1.29, 1.82) is 0 Å². The van der Waals surface area contributed by atoms with Crippen molar-refractivity contribution in [2.45, 2.75) is 69.9 Å². The quantitative estimate of drug-likeness (QED) is 0.468. The van der Waals surface area contributed by atoms with Gasteiger partial charge in [0.05, 0.1) is 0 Å². The van der Waals surface area contributed by atoms with Crippen LogP contribution in [0.15, 0.2) is 46.0 Å². The summed E-state index contributed by atoms with van der Waals surface area (Å²) < 4.78 is 3.88. The van der Waals surface area contributed by atoms with E-state index in [1.165, 1.54) is 0 Å². The zero-order valence-electron chi connectivity index (χ0n) is 22.8. The maximum Gasteiger partial charge on any atom is 0.250 e. The Balaban J connectivity index is 0.892. The zero-order chi connectivity index (χ0) is 26.9. The van der Waals surface area contributed by atoms with Crippen LogP contribution in [-0.2, 0) is 22.7 Å². The zero-order valence-corrected chi connectivity index (χ0v) is 22.8. The van der Waals surface area contributed by atoms with Crippen LogP contribution in [0.2, 0.25) is 0 Å². The molecule has 0 amide bonds. The van der Waals surface area contributed by atoms with Gasteiger partial charge in [-0.15, -0.1) is 0 Å². The minimum Gasteiger partial charge on any atom is -0.312 e. The molecule has 0 spiro atoms. The molecular weight excluding hydrogens is 492 g/mol. The molecule has 2 fully saturated rings. The number of likely N-dealkylation sites (tertiary alicyclic amines) is 2. The van der Waals surface area contributed by atoms with E-state index in [0.717, 1.165) is 76.6 Å². The van der Waals surface area contributed by atoms with Crippen molar-refractivity contribution in [1.82, 2.24) is 18.9 Å². The number of ketones is 2. The second-order valence-corrected chi connectivity index (χ2v) is 12.3. The lowest BCUT2D eigenvalue weighted by Crippen LogP contribution is -2.47. The molecule has 8 heteroatoms. The summed E-state index contributed by atoms with van der Waals surface area (Å²) in [6, 6.07) is 11.2. The molecule has 0 aliphatic carbocycles. The number of Topliss-reactive ketones (excluding diaryl/α,β-unsaturated/α-hetero) is 2. The number of carbonyl (C=O) groups is 2. The molecule has 208 valence electrons. The topological polar surface area (TPSA) is 84.6 Å². The molecule has 2 aromatic heterocycles. The highest BCUT2D eigenvalue weighted by Gasteiger charge is 2.35. The minimum atomic E-state index is 0.0997. The van der Waals surface area contributed by atoms with E-state index in [9.17, 15) is 19.2 Å². The third-order valence-corrected chi connectivity index (χ3v) is 9.44. The van der Waals surface area contributed by atoms with Gasteiger partial charge < -0.3 is 18.9 Å². The predicted octanol–water partition coefficient (Wildman–Crippen LogP) is 2.64. The van der Waals surface area contributed by atoms with Crippen molar-refractivity contribution in [3.05, 3.63) is 68.5 Å². The van der Waals surface area contributed by atoms with Gasteiger partial charge in [0, 0.05) is 113 Å². The molecule has 0 saturated carbocycles. The molecule has 8 nitrogen and oxygen atoms in total. The Hall–Kier alpha value is -2.84. The summed E-state index contributed by atoms with van der Waals surface area (Å²) in [5.41, 5.74) is 2.48. The number of rotatable bonds is 10. The fourth-order valence-corrected chi connectivity index (χ4v) is 7.65. The number of pyridine rings is 2. The smallest absolute Gasteiger partial charge is 0.250 e. The molecule has 6 rings (SSSR count). The monoisotopic (exact) mass is 532 g/mol. The SMILES string of the molecule is O=C(CCCC(=O)CCN1C[C@@H]2C[C@H](C1)c1cccc(=O)n1C2)CCN1C[C@@H]2C[C@H](C1)c1cccc(=O)n1C2. The van der Waals surface area contributed by atoms with Gasteiger partial charge in [0.1, 0.15) is 11.6 Å². The number of fused-ring (bicyclic) bond motifs is 8. The van der Waals surface area contributed by atoms with Gasteiger partial charge in [0.15, 0.2) is 0 Å². The van der Waals surface area contributed by atoms with Crippen LogP contribution in [0.4, 0.5) is 0 Å². The molecule has 4 bridgehead atoms. The first-order valence-electron chi connectivity index (χ1n) is 14.8. The third kappa shape index (κ3) is 5.87. The summed E-state index contributed by atoms with van der Waals surface area (Å²) in [5.74, 6) is 2.18. The lowest BCUT2D eigenvalue weighted by molar-refractivity contribution is -0.120. The van der Waals surface area contributed by atoms with Crippen LogP contribution < -0.4 is 11.1 Å². The first kappa shape index (κ1) is 26.4. The van der Waals surface area contributed by atoms with Gasteiger partial charge in [-0.2, -0.15) is 0 Å². The van der Waals surface area contributed by atoms with Gasteiger partial charge >= 0.3 is 0 Å². The summed E-state index contributed by atoms with van der Waals surface area (Å²) in [6.07, 6.45) is 4.92. The molecular formula is C31H40N4O4. The molecule has 4 atom stereocenters. The van der Waals surface area contributed by atoms with Crippen molar-refractivity contribution < 1.29 is 9.59 Å². The van der Waals surface area contributed by atoms with E-state index in [1.54, 1.807) is 12.1 Å². The Morgan fingerprint density at radius 3 is 1.54 bits per heavy atom. The number of nitrogens with zero attached hydrogens (tertiary/aromatic N) is 4. The largest absolute Gasteiger partial charge is 0.312 e. The Kier molecular flexibility index (Phi) is 7.67. The Labute approximate surface area is 229 Å².